The molecule has 0 aliphatic heterocycles. The fraction of sp³-hybridized carbons (Fsp3) is 0.407. The van der Waals surface area contributed by atoms with Crippen molar-refractivity contribution in [1.29, 1.82) is 0 Å². The highest BCUT2D eigenvalue weighted by atomic mass is 16.6. The first-order valence-electron chi connectivity index (χ1n) is 12.4. The monoisotopic (exact) mass is 490 g/mol. The number of benzene rings is 2. The Labute approximate surface area is 211 Å². The summed E-state index contributed by atoms with van der Waals surface area (Å²) in [6.45, 7) is 4.18. The second kappa shape index (κ2) is 10.8. The van der Waals surface area contributed by atoms with Crippen molar-refractivity contribution in [1.82, 2.24) is 10.3 Å². The number of fused-ring (bicyclic) bond motifs is 1. The van der Waals surface area contributed by atoms with Crippen LogP contribution in [0, 0.1) is 29.9 Å². The van der Waals surface area contributed by atoms with Gasteiger partial charge in [-0.05, 0) is 62.6 Å². The van der Waals surface area contributed by atoms with Crippen LogP contribution in [0.5, 0.6) is 0 Å². The molecule has 0 bridgehead atoms. The number of rotatable bonds is 7. The van der Waals surface area contributed by atoms with Gasteiger partial charge in [0.1, 0.15) is 11.5 Å². The zero-order chi connectivity index (χ0) is 25.8. The average molecular weight is 491 g/mol. The van der Waals surface area contributed by atoms with Crippen molar-refractivity contribution in [2.24, 2.45) is 5.92 Å². The number of aryl methyl sites for hydroxylation is 1. The lowest BCUT2D eigenvalue weighted by molar-refractivity contribution is -0.384. The number of amides is 2. The summed E-state index contributed by atoms with van der Waals surface area (Å²) in [6, 6.07) is 13.3. The van der Waals surface area contributed by atoms with E-state index < -0.39 is 11.0 Å². The number of nitro groups is 1. The topological polar surface area (TPSA) is 112 Å². The number of aromatic nitrogens is 1. The third kappa shape index (κ3) is 5.67. The van der Waals surface area contributed by atoms with Crippen molar-refractivity contribution in [2.45, 2.75) is 45.6 Å². The SMILES string of the molecule is Cc1ccc([N+](=O)[O-])c(NC(=O)NCC2CCC(Nc3cc(N(C)C)c4ccccc4n3)CC2)c1C. The number of nitro benzene ring substituents is 1. The minimum Gasteiger partial charge on any atom is -0.377 e. The van der Waals surface area contributed by atoms with Gasteiger partial charge in [0.05, 0.1) is 10.4 Å². The summed E-state index contributed by atoms with van der Waals surface area (Å²) in [7, 11) is 4.08. The highest BCUT2D eigenvalue weighted by Crippen LogP contribution is 2.32. The van der Waals surface area contributed by atoms with E-state index in [-0.39, 0.29) is 11.4 Å². The quantitative estimate of drug-likeness (QED) is 0.293. The van der Waals surface area contributed by atoms with E-state index in [4.69, 9.17) is 4.98 Å². The molecule has 2 aromatic carbocycles. The predicted octanol–water partition coefficient (Wildman–Crippen LogP) is 5.62. The Morgan fingerprint density at radius 2 is 1.83 bits per heavy atom. The van der Waals surface area contributed by atoms with E-state index in [1.54, 1.807) is 13.0 Å². The Morgan fingerprint density at radius 3 is 2.53 bits per heavy atom. The highest BCUT2D eigenvalue weighted by Gasteiger charge is 2.23. The standard InChI is InChI=1S/C27H34N6O3/c1-17-9-14-23(33(35)36)26(18(17)2)31-27(34)28-16-19-10-12-20(13-11-19)29-25-15-24(32(3)4)21-7-5-6-8-22(21)30-25/h5-9,14-15,19-20H,10-13,16H2,1-4H3,(H,29,30)(H2,28,31,34). The zero-order valence-electron chi connectivity index (χ0n) is 21.3. The molecular formula is C27H34N6O3. The predicted molar refractivity (Wildman–Crippen MR) is 145 cm³/mol. The molecule has 1 saturated carbocycles. The van der Waals surface area contributed by atoms with Crippen LogP contribution >= 0.6 is 0 Å². The summed E-state index contributed by atoms with van der Waals surface area (Å²) in [5.41, 5.74) is 3.85. The van der Waals surface area contributed by atoms with Gasteiger partial charge in [-0.2, -0.15) is 0 Å². The highest BCUT2D eigenvalue weighted by molar-refractivity contribution is 5.94. The summed E-state index contributed by atoms with van der Waals surface area (Å²) in [5, 5.41) is 21.7. The van der Waals surface area contributed by atoms with Gasteiger partial charge in [-0.3, -0.25) is 10.1 Å². The third-order valence-corrected chi connectivity index (χ3v) is 7.08. The fourth-order valence-corrected chi connectivity index (χ4v) is 4.83. The van der Waals surface area contributed by atoms with Crippen LogP contribution < -0.4 is 20.9 Å². The van der Waals surface area contributed by atoms with E-state index in [0.717, 1.165) is 53.7 Å². The summed E-state index contributed by atoms with van der Waals surface area (Å²) in [6.07, 6.45) is 3.94. The Hall–Kier alpha value is -3.88. The maximum absolute atomic E-state index is 12.5. The van der Waals surface area contributed by atoms with Gasteiger partial charge < -0.3 is 20.9 Å². The van der Waals surface area contributed by atoms with E-state index in [1.165, 1.54) is 6.07 Å². The van der Waals surface area contributed by atoms with Crippen LogP contribution in [0.4, 0.5) is 27.7 Å². The smallest absolute Gasteiger partial charge is 0.319 e. The van der Waals surface area contributed by atoms with Gasteiger partial charge >= 0.3 is 6.03 Å². The van der Waals surface area contributed by atoms with E-state index >= 15 is 0 Å². The number of nitrogens with one attached hydrogen (secondary N) is 3. The molecule has 0 atom stereocenters. The summed E-state index contributed by atoms with van der Waals surface area (Å²) in [5.74, 6) is 1.25. The first kappa shape index (κ1) is 25.2. The normalized spacial score (nSPS) is 17.4. The van der Waals surface area contributed by atoms with Crippen molar-refractivity contribution < 1.29 is 9.72 Å². The van der Waals surface area contributed by atoms with Gasteiger partial charge in [0.15, 0.2) is 0 Å². The molecule has 3 aromatic rings. The van der Waals surface area contributed by atoms with Crippen molar-refractivity contribution in [3.05, 3.63) is 63.7 Å². The van der Waals surface area contributed by atoms with E-state index in [1.807, 2.05) is 39.2 Å². The lowest BCUT2D eigenvalue weighted by atomic mass is 9.86. The van der Waals surface area contributed by atoms with Gasteiger partial charge in [-0.15, -0.1) is 0 Å². The largest absolute Gasteiger partial charge is 0.377 e. The molecule has 2 amide bonds. The summed E-state index contributed by atoms with van der Waals surface area (Å²) in [4.78, 5) is 30.3. The number of anilines is 3. The molecule has 0 radical (unpaired) electrons. The molecule has 0 spiro atoms. The van der Waals surface area contributed by atoms with E-state index in [0.29, 0.717) is 24.1 Å². The molecular weight excluding hydrogens is 456 g/mol. The van der Waals surface area contributed by atoms with Crippen LogP contribution in [0.15, 0.2) is 42.5 Å². The number of pyridine rings is 1. The minimum atomic E-state index is -0.470. The van der Waals surface area contributed by atoms with Crippen LogP contribution in [0.25, 0.3) is 10.9 Å². The summed E-state index contributed by atoms with van der Waals surface area (Å²) < 4.78 is 0. The maximum Gasteiger partial charge on any atom is 0.319 e. The summed E-state index contributed by atoms with van der Waals surface area (Å²) >= 11 is 0. The Kier molecular flexibility index (Phi) is 7.57. The van der Waals surface area contributed by atoms with E-state index in [2.05, 4.69) is 33.0 Å². The van der Waals surface area contributed by atoms with Gasteiger partial charge in [0.25, 0.3) is 5.69 Å². The third-order valence-electron chi connectivity index (χ3n) is 7.08. The van der Waals surface area contributed by atoms with Crippen molar-refractivity contribution >= 4 is 39.8 Å². The maximum atomic E-state index is 12.5. The molecule has 1 aliphatic rings. The number of urea groups is 1. The molecule has 9 heteroatoms. The lowest BCUT2D eigenvalue weighted by Gasteiger charge is -2.30. The molecule has 190 valence electrons. The first-order valence-corrected chi connectivity index (χ1v) is 12.4. The number of hydrogen-bond donors (Lipinski definition) is 3. The zero-order valence-corrected chi connectivity index (χ0v) is 21.3. The minimum absolute atomic E-state index is 0.0976. The molecule has 4 rings (SSSR count). The Morgan fingerprint density at radius 1 is 1.11 bits per heavy atom. The van der Waals surface area contributed by atoms with Crippen LogP contribution in [-0.2, 0) is 0 Å². The molecule has 3 N–H and O–H groups in total. The van der Waals surface area contributed by atoms with E-state index in [9.17, 15) is 14.9 Å². The molecule has 1 heterocycles. The second-order valence-electron chi connectivity index (χ2n) is 9.79. The number of carbonyl (C=O) groups is 1. The van der Waals surface area contributed by atoms with Crippen molar-refractivity contribution in [3.8, 4) is 0 Å². The Balaban J connectivity index is 1.30. The molecule has 1 aromatic heterocycles. The molecule has 9 nitrogen and oxygen atoms in total. The number of carbonyl (C=O) groups excluding carboxylic acids is 1. The molecule has 0 unspecified atom stereocenters. The van der Waals surface area contributed by atoms with Gasteiger partial charge in [0.2, 0.25) is 0 Å². The van der Waals surface area contributed by atoms with Crippen LogP contribution in [0.2, 0.25) is 0 Å². The molecule has 36 heavy (non-hydrogen) atoms. The fourth-order valence-electron chi connectivity index (χ4n) is 4.83. The lowest BCUT2D eigenvalue weighted by Crippen LogP contribution is -2.36. The molecule has 0 saturated heterocycles. The van der Waals surface area contributed by atoms with Gasteiger partial charge in [-0.1, -0.05) is 24.3 Å². The Bertz CT molecular complexity index is 1270. The van der Waals surface area contributed by atoms with Crippen LogP contribution in [-0.4, -0.2) is 42.6 Å². The number of para-hydroxylation sites is 1. The second-order valence-corrected chi connectivity index (χ2v) is 9.79. The van der Waals surface area contributed by atoms with Crippen LogP contribution in [0.1, 0.15) is 36.8 Å². The van der Waals surface area contributed by atoms with Crippen molar-refractivity contribution in [2.75, 3.05) is 36.2 Å². The van der Waals surface area contributed by atoms with Crippen LogP contribution in [0.3, 0.4) is 0 Å². The average Bonchev–Trinajstić information content (AvgIpc) is 2.85. The van der Waals surface area contributed by atoms with Crippen molar-refractivity contribution in [3.63, 3.8) is 0 Å². The first-order chi connectivity index (χ1) is 17.2. The molecule has 1 fully saturated rings. The molecule has 1 aliphatic carbocycles. The van der Waals surface area contributed by atoms with Gasteiger partial charge in [-0.25, -0.2) is 9.78 Å². The van der Waals surface area contributed by atoms with Gasteiger partial charge in [0, 0.05) is 49.9 Å². The number of hydrogen-bond acceptors (Lipinski definition) is 6. The number of nitrogens with zero attached hydrogens (tertiary/aromatic N) is 3.